The molecule has 0 aliphatic heterocycles. The molecule has 0 aromatic heterocycles. The minimum atomic E-state index is -0.573. The summed E-state index contributed by atoms with van der Waals surface area (Å²) in [6.45, 7) is 4.09. The molecule has 0 aliphatic carbocycles. The number of carbonyl (C=O) groups is 2. The number of rotatable bonds is 7. The maximum atomic E-state index is 13.6. The van der Waals surface area contributed by atoms with Gasteiger partial charge in [0, 0.05) is 28.9 Å². The van der Waals surface area contributed by atoms with Crippen molar-refractivity contribution in [3.05, 3.63) is 63.4 Å². The molecule has 0 bridgehead atoms. The van der Waals surface area contributed by atoms with Gasteiger partial charge in [-0.2, -0.15) is 0 Å². The molecule has 2 aromatic carbocycles. The van der Waals surface area contributed by atoms with Crippen molar-refractivity contribution in [2.24, 2.45) is 0 Å². The largest absolute Gasteiger partial charge is 0.352 e. The van der Waals surface area contributed by atoms with Crippen molar-refractivity contribution in [2.75, 3.05) is 18.4 Å². The van der Waals surface area contributed by atoms with E-state index in [4.69, 9.17) is 23.2 Å². The highest BCUT2D eigenvalue weighted by molar-refractivity contribution is 6.35. The lowest BCUT2D eigenvalue weighted by atomic mass is 10.1. The highest BCUT2D eigenvalue weighted by Gasteiger charge is 2.14. The van der Waals surface area contributed by atoms with E-state index in [0.717, 1.165) is 0 Å². The zero-order valence-corrected chi connectivity index (χ0v) is 16.4. The van der Waals surface area contributed by atoms with Crippen LogP contribution in [0.2, 0.25) is 10.0 Å². The molecular formula is C19H20Cl2FN3O2. The molecule has 2 aromatic rings. The van der Waals surface area contributed by atoms with E-state index in [1.807, 2.05) is 6.92 Å². The summed E-state index contributed by atoms with van der Waals surface area (Å²) < 4.78 is 13.6. The number of nitrogens with one attached hydrogen (secondary N) is 3. The van der Waals surface area contributed by atoms with Gasteiger partial charge in [0.05, 0.1) is 11.6 Å². The first-order chi connectivity index (χ1) is 12.8. The van der Waals surface area contributed by atoms with E-state index in [1.54, 1.807) is 31.2 Å². The van der Waals surface area contributed by atoms with Crippen molar-refractivity contribution >= 4 is 40.7 Å². The molecular weight excluding hydrogens is 392 g/mol. The first-order valence-electron chi connectivity index (χ1n) is 8.37. The minimum Gasteiger partial charge on any atom is -0.352 e. The molecule has 0 unspecified atom stereocenters. The Labute approximate surface area is 167 Å². The van der Waals surface area contributed by atoms with Gasteiger partial charge in [0.2, 0.25) is 5.91 Å². The normalized spacial score (nSPS) is 11.7. The Morgan fingerprint density at radius 2 is 1.89 bits per heavy atom. The summed E-state index contributed by atoms with van der Waals surface area (Å²) in [7, 11) is 0. The van der Waals surface area contributed by atoms with Crippen molar-refractivity contribution < 1.29 is 14.0 Å². The Hall–Kier alpha value is -2.15. The molecule has 8 heteroatoms. The summed E-state index contributed by atoms with van der Waals surface area (Å²) in [5, 5.41) is 8.65. The highest BCUT2D eigenvalue weighted by atomic mass is 35.5. The van der Waals surface area contributed by atoms with Gasteiger partial charge in [0.25, 0.3) is 5.91 Å². The Bertz CT molecular complexity index is 846. The summed E-state index contributed by atoms with van der Waals surface area (Å²) in [5.41, 5.74) is 1.47. The predicted octanol–water partition coefficient (Wildman–Crippen LogP) is 4.17. The van der Waals surface area contributed by atoms with E-state index in [9.17, 15) is 14.0 Å². The molecule has 0 saturated carbocycles. The van der Waals surface area contributed by atoms with Gasteiger partial charge in [0.1, 0.15) is 5.82 Å². The average molecular weight is 412 g/mol. The molecule has 0 heterocycles. The van der Waals surface area contributed by atoms with Crippen molar-refractivity contribution in [1.29, 1.82) is 0 Å². The first kappa shape index (κ1) is 21.2. The quantitative estimate of drug-likeness (QED) is 0.598. The Balaban J connectivity index is 1.96. The number of benzene rings is 2. The molecule has 0 spiro atoms. The van der Waals surface area contributed by atoms with Crippen LogP contribution in [0.5, 0.6) is 0 Å². The monoisotopic (exact) mass is 411 g/mol. The Morgan fingerprint density at radius 1 is 1.15 bits per heavy atom. The van der Waals surface area contributed by atoms with E-state index in [1.165, 1.54) is 12.1 Å². The van der Waals surface area contributed by atoms with E-state index in [0.29, 0.717) is 28.4 Å². The lowest BCUT2D eigenvalue weighted by Gasteiger charge is -2.16. The van der Waals surface area contributed by atoms with Crippen LogP contribution in [-0.2, 0) is 4.79 Å². The average Bonchev–Trinajstić information content (AvgIpc) is 2.63. The van der Waals surface area contributed by atoms with Gasteiger partial charge in [-0.05, 0) is 49.7 Å². The fourth-order valence-corrected chi connectivity index (χ4v) is 2.98. The summed E-state index contributed by atoms with van der Waals surface area (Å²) in [4.78, 5) is 24.0. The van der Waals surface area contributed by atoms with E-state index in [-0.39, 0.29) is 29.4 Å². The molecule has 0 fully saturated rings. The molecule has 0 radical (unpaired) electrons. The van der Waals surface area contributed by atoms with E-state index >= 15 is 0 Å². The maximum Gasteiger partial charge on any atom is 0.251 e. The molecule has 144 valence electrons. The second-order valence-corrected chi connectivity index (χ2v) is 6.69. The van der Waals surface area contributed by atoms with Crippen LogP contribution in [-0.4, -0.2) is 24.9 Å². The van der Waals surface area contributed by atoms with Crippen molar-refractivity contribution in [2.45, 2.75) is 19.9 Å². The van der Waals surface area contributed by atoms with Gasteiger partial charge in [-0.25, -0.2) is 4.39 Å². The van der Waals surface area contributed by atoms with Crippen LogP contribution in [0.4, 0.5) is 10.1 Å². The zero-order chi connectivity index (χ0) is 20.0. The molecule has 27 heavy (non-hydrogen) atoms. The topological polar surface area (TPSA) is 70.2 Å². The maximum absolute atomic E-state index is 13.6. The number of hydrogen-bond donors (Lipinski definition) is 3. The molecule has 2 amide bonds. The fourth-order valence-electron chi connectivity index (χ4n) is 2.43. The number of carbonyl (C=O) groups excluding carboxylic acids is 2. The summed E-state index contributed by atoms with van der Waals surface area (Å²) in [5.74, 6) is -1.09. The first-order valence-corrected chi connectivity index (χ1v) is 9.13. The Kier molecular flexibility index (Phi) is 7.59. The molecule has 0 saturated heterocycles. The predicted molar refractivity (Wildman–Crippen MR) is 106 cm³/mol. The lowest BCUT2D eigenvalue weighted by molar-refractivity contribution is -0.115. The van der Waals surface area contributed by atoms with Crippen molar-refractivity contribution in [3.63, 3.8) is 0 Å². The van der Waals surface area contributed by atoms with Gasteiger partial charge < -0.3 is 16.0 Å². The Morgan fingerprint density at radius 3 is 2.59 bits per heavy atom. The number of hydrogen-bond acceptors (Lipinski definition) is 3. The van der Waals surface area contributed by atoms with E-state index in [2.05, 4.69) is 16.0 Å². The van der Waals surface area contributed by atoms with Crippen LogP contribution in [0.3, 0.4) is 0 Å². The van der Waals surface area contributed by atoms with Crippen LogP contribution >= 0.6 is 23.2 Å². The second kappa shape index (κ2) is 9.69. The van der Waals surface area contributed by atoms with Crippen molar-refractivity contribution in [1.82, 2.24) is 10.6 Å². The zero-order valence-electron chi connectivity index (χ0n) is 14.9. The van der Waals surface area contributed by atoms with Gasteiger partial charge >= 0.3 is 0 Å². The third kappa shape index (κ3) is 5.92. The summed E-state index contributed by atoms with van der Waals surface area (Å²) >= 11 is 11.8. The van der Waals surface area contributed by atoms with Crippen LogP contribution in [0.25, 0.3) is 0 Å². The number of halogens is 3. The molecule has 3 N–H and O–H groups in total. The van der Waals surface area contributed by atoms with Gasteiger partial charge in [-0.1, -0.05) is 29.3 Å². The third-order valence-corrected chi connectivity index (χ3v) is 4.44. The summed E-state index contributed by atoms with van der Waals surface area (Å²) in [6, 6.07) is 8.85. The molecule has 2 rings (SSSR count). The standard InChI is InChI=1S/C19H20Cl2FN3O2/c1-3-23-19(27)12-5-4-6-13(7-12)25-18(26)10-24-11(2)14-8-17(22)16(21)9-15(14)20/h4-9,11,24H,3,10H2,1-2H3,(H,23,27)(H,25,26)/t11-/m1/s1. The van der Waals surface area contributed by atoms with Gasteiger partial charge in [-0.15, -0.1) is 0 Å². The molecule has 0 aliphatic rings. The van der Waals surface area contributed by atoms with Crippen LogP contribution in [0.15, 0.2) is 36.4 Å². The van der Waals surface area contributed by atoms with Crippen molar-refractivity contribution in [3.8, 4) is 0 Å². The van der Waals surface area contributed by atoms with Crippen LogP contribution in [0, 0.1) is 5.82 Å². The number of amides is 2. The van der Waals surface area contributed by atoms with E-state index < -0.39 is 5.82 Å². The lowest BCUT2D eigenvalue weighted by Crippen LogP contribution is -2.30. The fraction of sp³-hybridized carbons (Fsp3) is 0.263. The summed E-state index contributed by atoms with van der Waals surface area (Å²) in [6.07, 6.45) is 0. The van der Waals surface area contributed by atoms with Gasteiger partial charge in [0.15, 0.2) is 0 Å². The third-order valence-electron chi connectivity index (χ3n) is 3.82. The SMILES string of the molecule is CCNC(=O)c1cccc(NC(=O)CN[C@H](C)c2cc(F)c(Cl)cc2Cl)c1. The van der Waals surface area contributed by atoms with Crippen LogP contribution < -0.4 is 16.0 Å². The molecule has 5 nitrogen and oxygen atoms in total. The molecule has 1 atom stereocenters. The second-order valence-electron chi connectivity index (χ2n) is 5.88. The van der Waals surface area contributed by atoms with Crippen LogP contribution in [0.1, 0.15) is 35.8 Å². The highest BCUT2D eigenvalue weighted by Crippen LogP contribution is 2.28. The smallest absolute Gasteiger partial charge is 0.251 e. The minimum absolute atomic E-state index is 0.0207. The number of anilines is 1. The van der Waals surface area contributed by atoms with Gasteiger partial charge in [-0.3, -0.25) is 9.59 Å².